The Balaban J connectivity index is 1.75. The first-order valence-corrected chi connectivity index (χ1v) is 8.96. The molecule has 124 valence electrons. The Bertz CT molecular complexity index is 793. The van der Waals surface area contributed by atoms with Crippen molar-refractivity contribution in [3.63, 3.8) is 0 Å². The lowest BCUT2D eigenvalue weighted by Crippen LogP contribution is -2.27. The zero-order valence-electron chi connectivity index (χ0n) is 13.7. The molecule has 1 amide bonds. The minimum atomic E-state index is -0.344. The highest BCUT2D eigenvalue weighted by molar-refractivity contribution is 7.22. The number of benzene rings is 1. The van der Waals surface area contributed by atoms with E-state index in [4.69, 9.17) is 5.73 Å². The first-order valence-electron chi connectivity index (χ1n) is 8.14. The maximum absolute atomic E-state index is 12.6. The van der Waals surface area contributed by atoms with E-state index in [1.165, 1.54) is 16.9 Å². The predicted octanol–water partition coefficient (Wildman–Crippen LogP) is 3.93. The van der Waals surface area contributed by atoms with Gasteiger partial charge in [0.05, 0.1) is 15.6 Å². The molecule has 24 heavy (non-hydrogen) atoms. The lowest BCUT2D eigenvalue weighted by atomic mass is 9.96. The molecule has 0 fully saturated rings. The number of pyridine rings is 1. The molecule has 3 aromatic rings. The Morgan fingerprint density at radius 2 is 2.08 bits per heavy atom. The second-order valence-electron chi connectivity index (χ2n) is 5.79. The lowest BCUT2D eigenvalue weighted by molar-refractivity contribution is -0.117. The van der Waals surface area contributed by atoms with E-state index in [9.17, 15) is 4.79 Å². The maximum Gasteiger partial charge on any atom is 0.233 e. The van der Waals surface area contributed by atoms with Gasteiger partial charge in [0.2, 0.25) is 5.91 Å². The second-order valence-corrected chi connectivity index (χ2v) is 6.88. The number of aromatic nitrogens is 1. The van der Waals surface area contributed by atoms with Crippen molar-refractivity contribution in [2.75, 3.05) is 11.9 Å². The Hall–Kier alpha value is -2.24. The number of rotatable bonds is 6. The quantitative estimate of drug-likeness (QED) is 0.715. The molecule has 3 N–H and O–H groups in total. The summed E-state index contributed by atoms with van der Waals surface area (Å²) in [6.07, 6.45) is 5.72. The van der Waals surface area contributed by atoms with Crippen LogP contribution in [-0.4, -0.2) is 17.4 Å². The molecule has 0 saturated carbocycles. The second kappa shape index (κ2) is 7.55. The topological polar surface area (TPSA) is 68.0 Å². The van der Waals surface area contributed by atoms with Gasteiger partial charge in [-0.25, -0.2) is 0 Å². The fourth-order valence-electron chi connectivity index (χ4n) is 2.75. The van der Waals surface area contributed by atoms with Crippen molar-refractivity contribution in [1.29, 1.82) is 0 Å². The number of nitrogens with one attached hydrogen (secondary N) is 1. The van der Waals surface area contributed by atoms with Crippen LogP contribution in [0.15, 0.2) is 48.8 Å². The number of nitrogens with two attached hydrogens (primary N) is 1. The van der Waals surface area contributed by atoms with E-state index in [2.05, 4.69) is 29.4 Å². The summed E-state index contributed by atoms with van der Waals surface area (Å²) in [5.74, 6) is -0.413. The standard InChI is InChI=1S/C19H21N3OS/c1-2-3-13-4-6-14(7-5-13)16(11-20)19(23)22-18-10-15-8-9-21-12-17(15)24-18/h4-10,12,16H,2-3,11,20H2,1H3,(H,22,23). The van der Waals surface area contributed by atoms with E-state index in [-0.39, 0.29) is 18.4 Å². The van der Waals surface area contributed by atoms with Crippen molar-refractivity contribution in [3.8, 4) is 0 Å². The Morgan fingerprint density at radius 3 is 2.75 bits per heavy atom. The number of fused-ring (bicyclic) bond motifs is 1. The van der Waals surface area contributed by atoms with Crippen LogP contribution in [0.5, 0.6) is 0 Å². The van der Waals surface area contributed by atoms with Crippen molar-refractivity contribution >= 4 is 32.3 Å². The van der Waals surface area contributed by atoms with Crippen LogP contribution in [0.1, 0.15) is 30.4 Å². The monoisotopic (exact) mass is 339 g/mol. The Kier molecular flexibility index (Phi) is 5.23. The third kappa shape index (κ3) is 3.63. The number of hydrogen-bond acceptors (Lipinski definition) is 4. The number of aryl methyl sites for hydroxylation is 1. The van der Waals surface area contributed by atoms with Gasteiger partial charge in [0, 0.05) is 18.9 Å². The summed E-state index contributed by atoms with van der Waals surface area (Å²) in [5.41, 5.74) is 8.11. The van der Waals surface area contributed by atoms with E-state index >= 15 is 0 Å². The van der Waals surface area contributed by atoms with Gasteiger partial charge in [-0.05, 0) is 35.1 Å². The molecule has 2 heterocycles. The van der Waals surface area contributed by atoms with Crippen LogP contribution >= 0.6 is 11.3 Å². The highest BCUT2D eigenvalue weighted by Gasteiger charge is 2.20. The molecule has 0 spiro atoms. The van der Waals surface area contributed by atoms with Crippen LogP contribution in [0.25, 0.3) is 10.1 Å². The molecular weight excluding hydrogens is 318 g/mol. The van der Waals surface area contributed by atoms with Crippen LogP contribution in [0.2, 0.25) is 0 Å². The van der Waals surface area contributed by atoms with Crippen LogP contribution in [0.4, 0.5) is 5.00 Å². The summed E-state index contributed by atoms with van der Waals surface area (Å²) in [6.45, 7) is 2.44. The van der Waals surface area contributed by atoms with Crippen LogP contribution in [-0.2, 0) is 11.2 Å². The molecule has 1 unspecified atom stereocenters. The third-order valence-corrected chi connectivity index (χ3v) is 5.04. The summed E-state index contributed by atoms with van der Waals surface area (Å²) in [5, 5.41) is 4.90. The highest BCUT2D eigenvalue weighted by Crippen LogP contribution is 2.29. The van der Waals surface area contributed by atoms with Gasteiger partial charge in [0.25, 0.3) is 0 Å². The van der Waals surface area contributed by atoms with Gasteiger partial charge in [0.1, 0.15) is 0 Å². The smallest absolute Gasteiger partial charge is 0.233 e. The summed E-state index contributed by atoms with van der Waals surface area (Å²) in [6, 6.07) is 12.1. The average molecular weight is 339 g/mol. The number of carbonyl (C=O) groups is 1. The number of anilines is 1. The number of hydrogen-bond donors (Lipinski definition) is 2. The normalized spacial score (nSPS) is 12.2. The summed E-state index contributed by atoms with van der Waals surface area (Å²) in [4.78, 5) is 16.7. The van der Waals surface area contributed by atoms with E-state index in [1.807, 2.05) is 30.5 Å². The molecule has 0 aliphatic carbocycles. The van der Waals surface area contributed by atoms with Gasteiger partial charge >= 0.3 is 0 Å². The van der Waals surface area contributed by atoms with E-state index in [0.29, 0.717) is 0 Å². The zero-order chi connectivity index (χ0) is 16.9. The molecule has 2 aromatic heterocycles. The fourth-order valence-corrected chi connectivity index (χ4v) is 3.69. The lowest BCUT2D eigenvalue weighted by Gasteiger charge is -2.15. The largest absolute Gasteiger partial charge is 0.329 e. The van der Waals surface area contributed by atoms with Crippen molar-refractivity contribution in [2.24, 2.45) is 5.73 Å². The third-order valence-electron chi connectivity index (χ3n) is 4.04. The Labute approximate surface area is 145 Å². The SMILES string of the molecule is CCCc1ccc(C(CN)C(=O)Nc2cc3ccncc3s2)cc1. The number of nitrogens with zero attached hydrogens (tertiary/aromatic N) is 1. The number of carbonyl (C=O) groups excluding carboxylic acids is 1. The highest BCUT2D eigenvalue weighted by atomic mass is 32.1. The minimum Gasteiger partial charge on any atom is -0.329 e. The van der Waals surface area contributed by atoms with Gasteiger partial charge in [-0.15, -0.1) is 11.3 Å². The van der Waals surface area contributed by atoms with Crippen LogP contribution in [0, 0.1) is 0 Å². The van der Waals surface area contributed by atoms with E-state index < -0.39 is 0 Å². The molecule has 0 radical (unpaired) electrons. The minimum absolute atomic E-state index is 0.0692. The van der Waals surface area contributed by atoms with E-state index in [0.717, 1.165) is 33.5 Å². The molecule has 1 atom stereocenters. The first kappa shape index (κ1) is 16.6. The molecule has 1 aromatic carbocycles. The fraction of sp³-hybridized carbons (Fsp3) is 0.263. The van der Waals surface area contributed by atoms with E-state index in [1.54, 1.807) is 6.20 Å². The Morgan fingerprint density at radius 1 is 1.29 bits per heavy atom. The molecule has 0 aliphatic rings. The molecule has 0 saturated heterocycles. The summed E-state index contributed by atoms with van der Waals surface area (Å²) < 4.78 is 1.06. The molecule has 3 rings (SSSR count). The van der Waals surface area contributed by atoms with Crippen molar-refractivity contribution < 1.29 is 4.79 Å². The van der Waals surface area contributed by atoms with Gasteiger partial charge in [0.15, 0.2) is 0 Å². The molecule has 0 bridgehead atoms. The molecular formula is C19H21N3OS. The van der Waals surface area contributed by atoms with Crippen LogP contribution < -0.4 is 11.1 Å². The van der Waals surface area contributed by atoms with Crippen molar-refractivity contribution in [2.45, 2.75) is 25.7 Å². The molecule has 0 aliphatic heterocycles. The number of thiophene rings is 1. The molecule has 4 nitrogen and oxygen atoms in total. The first-order chi connectivity index (χ1) is 11.7. The van der Waals surface area contributed by atoms with Gasteiger partial charge in [-0.2, -0.15) is 0 Å². The summed E-state index contributed by atoms with van der Waals surface area (Å²) in [7, 11) is 0. The van der Waals surface area contributed by atoms with Gasteiger partial charge in [-0.1, -0.05) is 37.6 Å². The number of amides is 1. The maximum atomic E-state index is 12.6. The van der Waals surface area contributed by atoms with Crippen molar-refractivity contribution in [1.82, 2.24) is 4.98 Å². The van der Waals surface area contributed by atoms with Crippen molar-refractivity contribution in [3.05, 3.63) is 59.9 Å². The van der Waals surface area contributed by atoms with Crippen LogP contribution in [0.3, 0.4) is 0 Å². The summed E-state index contributed by atoms with van der Waals surface area (Å²) >= 11 is 1.52. The van der Waals surface area contributed by atoms with Gasteiger partial charge in [-0.3, -0.25) is 9.78 Å². The average Bonchev–Trinajstić information content (AvgIpc) is 2.99. The van der Waals surface area contributed by atoms with Gasteiger partial charge < -0.3 is 11.1 Å². The molecule has 5 heteroatoms. The zero-order valence-corrected chi connectivity index (χ0v) is 14.5. The predicted molar refractivity (Wildman–Crippen MR) is 100 cm³/mol.